The Morgan fingerprint density at radius 1 is 1.08 bits per heavy atom. The van der Waals surface area contributed by atoms with E-state index < -0.39 is 5.97 Å². The lowest BCUT2D eigenvalue weighted by Crippen LogP contribution is -2.47. The van der Waals surface area contributed by atoms with Crippen molar-refractivity contribution >= 4 is 23.3 Å². The molecule has 1 aromatic heterocycles. The normalized spacial score (nSPS) is 14.8. The first-order valence-corrected chi connectivity index (χ1v) is 8.46. The number of hydrogen-bond donors (Lipinski definition) is 1. The SMILES string of the molecule is COC(=O)c1cccc(Nc2ccnc(C(=O)N3CCN(C)CC3)c2)c1. The van der Waals surface area contributed by atoms with E-state index in [-0.39, 0.29) is 5.91 Å². The number of benzene rings is 1. The summed E-state index contributed by atoms with van der Waals surface area (Å²) in [6.45, 7) is 3.14. The summed E-state index contributed by atoms with van der Waals surface area (Å²) in [7, 11) is 3.40. The molecule has 1 fully saturated rings. The van der Waals surface area contributed by atoms with Gasteiger partial charge in [-0.25, -0.2) is 4.79 Å². The summed E-state index contributed by atoms with van der Waals surface area (Å²) in [4.78, 5) is 32.5. The van der Waals surface area contributed by atoms with Crippen molar-refractivity contribution in [2.45, 2.75) is 0 Å². The predicted octanol–water partition coefficient (Wildman–Crippen LogP) is 2.00. The Labute approximate surface area is 152 Å². The summed E-state index contributed by atoms with van der Waals surface area (Å²) in [5, 5.41) is 3.20. The largest absolute Gasteiger partial charge is 0.465 e. The van der Waals surface area contributed by atoms with E-state index in [4.69, 9.17) is 4.74 Å². The van der Waals surface area contributed by atoms with E-state index in [2.05, 4.69) is 15.2 Å². The lowest BCUT2D eigenvalue weighted by Gasteiger charge is -2.32. The highest BCUT2D eigenvalue weighted by Gasteiger charge is 2.21. The van der Waals surface area contributed by atoms with Gasteiger partial charge in [0.1, 0.15) is 5.69 Å². The Balaban J connectivity index is 1.73. The molecular weight excluding hydrogens is 332 g/mol. The monoisotopic (exact) mass is 354 g/mol. The number of hydrogen-bond acceptors (Lipinski definition) is 6. The molecule has 0 atom stereocenters. The lowest BCUT2D eigenvalue weighted by atomic mass is 10.2. The van der Waals surface area contributed by atoms with Crippen molar-refractivity contribution in [1.82, 2.24) is 14.8 Å². The minimum atomic E-state index is -0.394. The van der Waals surface area contributed by atoms with Crippen LogP contribution >= 0.6 is 0 Å². The highest BCUT2D eigenvalue weighted by atomic mass is 16.5. The van der Waals surface area contributed by atoms with Crippen molar-refractivity contribution in [2.24, 2.45) is 0 Å². The topological polar surface area (TPSA) is 74.8 Å². The van der Waals surface area contributed by atoms with Crippen molar-refractivity contribution in [1.29, 1.82) is 0 Å². The zero-order valence-corrected chi connectivity index (χ0v) is 14.9. The molecule has 2 heterocycles. The fourth-order valence-electron chi connectivity index (χ4n) is 2.81. The number of carbonyl (C=O) groups excluding carboxylic acids is 2. The molecule has 1 saturated heterocycles. The number of amides is 1. The minimum absolute atomic E-state index is 0.0648. The number of ether oxygens (including phenoxy) is 1. The molecule has 136 valence electrons. The van der Waals surface area contributed by atoms with Crippen LogP contribution in [0.1, 0.15) is 20.8 Å². The summed E-state index contributed by atoms with van der Waals surface area (Å²) in [5.74, 6) is -0.459. The number of pyridine rings is 1. The van der Waals surface area contributed by atoms with Gasteiger partial charge >= 0.3 is 5.97 Å². The number of nitrogens with one attached hydrogen (secondary N) is 1. The van der Waals surface area contributed by atoms with Gasteiger partial charge in [-0.2, -0.15) is 0 Å². The second kappa shape index (κ2) is 7.97. The van der Waals surface area contributed by atoms with Crippen LogP contribution in [0.3, 0.4) is 0 Å². The molecule has 7 nitrogen and oxygen atoms in total. The molecule has 3 rings (SSSR count). The van der Waals surface area contributed by atoms with Crippen molar-refractivity contribution in [3.05, 3.63) is 53.9 Å². The van der Waals surface area contributed by atoms with E-state index in [0.717, 1.165) is 24.5 Å². The first kappa shape index (κ1) is 17.9. The average molecular weight is 354 g/mol. The molecule has 0 bridgehead atoms. The van der Waals surface area contributed by atoms with Gasteiger partial charge in [0.15, 0.2) is 0 Å². The molecule has 26 heavy (non-hydrogen) atoms. The lowest BCUT2D eigenvalue weighted by molar-refractivity contribution is 0.0600. The fraction of sp³-hybridized carbons (Fsp3) is 0.316. The van der Waals surface area contributed by atoms with Gasteiger partial charge in [-0.15, -0.1) is 0 Å². The van der Waals surface area contributed by atoms with Crippen LogP contribution in [-0.2, 0) is 4.74 Å². The molecule has 0 saturated carbocycles. The highest BCUT2D eigenvalue weighted by molar-refractivity contribution is 5.93. The molecular formula is C19H22N4O3. The van der Waals surface area contributed by atoms with E-state index in [9.17, 15) is 9.59 Å². The first-order chi connectivity index (χ1) is 12.6. The fourth-order valence-corrected chi connectivity index (χ4v) is 2.81. The summed E-state index contributed by atoms with van der Waals surface area (Å²) in [5.41, 5.74) is 2.33. The van der Waals surface area contributed by atoms with Crippen molar-refractivity contribution in [3.63, 3.8) is 0 Å². The number of aromatic nitrogens is 1. The Morgan fingerprint density at radius 3 is 2.54 bits per heavy atom. The maximum atomic E-state index is 12.6. The molecule has 0 spiro atoms. The minimum Gasteiger partial charge on any atom is -0.465 e. The smallest absolute Gasteiger partial charge is 0.337 e. The third-order valence-electron chi connectivity index (χ3n) is 4.34. The second-order valence-corrected chi connectivity index (χ2v) is 6.22. The van der Waals surface area contributed by atoms with Crippen LogP contribution in [0.2, 0.25) is 0 Å². The molecule has 0 unspecified atom stereocenters. The number of carbonyl (C=O) groups is 2. The molecule has 1 aliphatic heterocycles. The third-order valence-corrected chi connectivity index (χ3v) is 4.34. The number of likely N-dealkylation sites (N-methyl/N-ethyl adjacent to an activating group) is 1. The van der Waals surface area contributed by atoms with Gasteiger partial charge in [-0.3, -0.25) is 9.78 Å². The molecule has 1 aliphatic rings. The van der Waals surface area contributed by atoms with Gasteiger partial charge in [0.05, 0.1) is 12.7 Å². The van der Waals surface area contributed by atoms with Crippen LogP contribution in [0, 0.1) is 0 Å². The number of nitrogens with zero attached hydrogens (tertiary/aromatic N) is 3. The zero-order valence-electron chi connectivity index (χ0n) is 14.9. The molecule has 1 N–H and O–H groups in total. The summed E-state index contributed by atoms with van der Waals surface area (Å²) < 4.78 is 4.74. The zero-order chi connectivity index (χ0) is 18.5. The Kier molecular flexibility index (Phi) is 5.48. The second-order valence-electron chi connectivity index (χ2n) is 6.22. The molecule has 7 heteroatoms. The van der Waals surface area contributed by atoms with Crippen molar-refractivity contribution in [2.75, 3.05) is 45.7 Å². The maximum Gasteiger partial charge on any atom is 0.337 e. The van der Waals surface area contributed by atoms with E-state index in [1.807, 2.05) is 18.0 Å². The summed E-state index contributed by atoms with van der Waals surface area (Å²) in [6.07, 6.45) is 1.61. The van der Waals surface area contributed by atoms with Crippen LogP contribution in [0.15, 0.2) is 42.6 Å². The molecule has 0 radical (unpaired) electrons. The van der Waals surface area contributed by atoms with Crippen LogP contribution in [0.5, 0.6) is 0 Å². The number of methoxy groups -OCH3 is 1. The molecule has 2 aromatic rings. The van der Waals surface area contributed by atoms with Crippen LogP contribution < -0.4 is 5.32 Å². The average Bonchev–Trinajstić information content (AvgIpc) is 2.68. The van der Waals surface area contributed by atoms with E-state index >= 15 is 0 Å². The number of anilines is 2. The maximum absolute atomic E-state index is 12.6. The van der Waals surface area contributed by atoms with Gasteiger partial charge in [-0.05, 0) is 37.4 Å². The van der Waals surface area contributed by atoms with Gasteiger partial charge in [0.25, 0.3) is 5.91 Å². The van der Waals surface area contributed by atoms with Gasteiger partial charge < -0.3 is 19.9 Å². The van der Waals surface area contributed by atoms with Crippen LogP contribution in [0.4, 0.5) is 11.4 Å². The van der Waals surface area contributed by atoms with Gasteiger partial charge in [-0.1, -0.05) is 6.07 Å². The standard InChI is InChI=1S/C19H22N4O3/c1-22-8-10-23(11-9-22)18(24)17-13-16(6-7-20-17)21-15-5-3-4-14(12-15)19(25)26-2/h3-7,12-13H,8-11H2,1-2H3,(H,20,21). The highest BCUT2D eigenvalue weighted by Crippen LogP contribution is 2.19. The predicted molar refractivity (Wildman–Crippen MR) is 98.7 cm³/mol. The van der Waals surface area contributed by atoms with Crippen molar-refractivity contribution in [3.8, 4) is 0 Å². The molecule has 1 aromatic carbocycles. The van der Waals surface area contributed by atoms with Crippen molar-refractivity contribution < 1.29 is 14.3 Å². The Bertz CT molecular complexity index is 801. The Hall–Kier alpha value is -2.93. The number of rotatable bonds is 4. The Morgan fingerprint density at radius 2 is 1.81 bits per heavy atom. The number of piperazine rings is 1. The van der Waals surface area contributed by atoms with Crippen LogP contribution in [0.25, 0.3) is 0 Å². The van der Waals surface area contributed by atoms with Crippen LogP contribution in [-0.4, -0.2) is 67.0 Å². The van der Waals surface area contributed by atoms with E-state index in [1.54, 1.807) is 36.5 Å². The number of esters is 1. The molecule has 1 amide bonds. The van der Waals surface area contributed by atoms with E-state index in [0.29, 0.717) is 24.3 Å². The first-order valence-electron chi connectivity index (χ1n) is 8.46. The summed E-state index contributed by atoms with van der Waals surface area (Å²) in [6, 6.07) is 10.5. The third kappa shape index (κ3) is 4.18. The van der Waals surface area contributed by atoms with E-state index in [1.165, 1.54) is 7.11 Å². The van der Waals surface area contributed by atoms with Gasteiger partial charge in [0, 0.05) is 43.8 Å². The summed E-state index contributed by atoms with van der Waals surface area (Å²) >= 11 is 0. The van der Waals surface area contributed by atoms with Gasteiger partial charge in [0.2, 0.25) is 0 Å². The molecule has 0 aliphatic carbocycles. The quantitative estimate of drug-likeness (QED) is 0.847.